The van der Waals surface area contributed by atoms with Crippen LogP contribution in [-0.4, -0.2) is 25.4 Å². The van der Waals surface area contributed by atoms with E-state index in [0.717, 1.165) is 12.5 Å². The molecule has 90 valence electrons. The van der Waals surface area contributed by atoms with E-state index in [1.165, 1.54) is 12.1 Å². The van der Waals surface area contributed by atoms with E-state index < -0.39 is 21.7 Å². The minimum Gasteiger partial charge on any atom is -0.271 e. The summed E-state index contributed by atoms with van der Waals surface area (Å²) in [5.41, 5.74) is 2.98. The van der Waals surface area contributed by atoms with Crippen LogP contribution in [0.2, 0.25) is 0 Å². The zero-order valence-electron chi connectivity index (χ0n) is 8.85. The Morgan fingerprint density at radius 3 is 2.69 bits per heavy atom. The maximum atomic E-state index is 12.6. The Bertz CT molecular complexity index is 433. The van der Waals surface area contributed by atoms with Crippen molar-refractivity contribution in [3.8, 4) is 0 Å². The molecule has 0 spiro atoms. The molecule has 0 radical (unpaired) electrons. The van der Waals surface area contributed by atoms with E-state index in [4.69, 9.17) is 5.84 Å². The van der Waals surface area contributed by atoms with Crippen molar-refractivity contribution in [3.05, 3.63) is 29.8 Å². The van der Waals surface area contributed by atoms with Crippen molar-refractivity contribution in [2.45, 2.75) is 12.5 Å². The van der Waals surface area contributed by atoms with E-state index in [2.05, 4.69) is 10.4 Å². The molecule has 0 aliphatic heterocycles. The molecule has 1 heterocycles. The third-order valence-electron chi connectivity index (χ3n) is 2.09. The molecule has 0 aliphatic rings. The van der Waals surface area contributed by atoms with Gasteiger partial charge in [0.15, 0.2) is 0 Å². The van der Waals surface area contributed by atoms with Gasteiger partial charge in [-0.1, -0.05) is 0 Å². The molecule has 1 rings (SSSR count). The standard InChI is InChI=1S/C9H14FN3O2S/c1-16(14,15)5-4-9(13-11)8-3-2-7(10)6-12-8/h2-3,6,9,13H,4-5,11H2,1H3. The van der Waals surface area contributed by atoms with E-state index in [-0.39, 0.29) is 5.75 Å². The van der Waals surface area contributed by atoms with Crippen LogP contribution in [-0.2, 0) is 9.84 Å². The zero-order valence-corrected chi connectivity index (χ0v) is 9.67. The molecular formula is C9H14FN3O2S. The molecule has 0 fully saturated rings. The lowest BCUT2D eigenvalue weighted by Gasteiger charge is -2.14. The Morgan fingerprint density at radius 2 is 2.25 bits per heavy atom. The van der Waals surface area contributed by atoms with E-state index in [0.29, 0.717) is 12.1 Å². The molecule has 1 aromatic rings. The fourth-order valence-corrected chi connectivity index (χ4v) is 1.91. The number of hydrogen-bond acceptors (Lipinski definition) is 5. The van der Waals surface area contributed by atoms with Gasteiger partial charge in [0, 0.05) is 6.26 Å². The number of sulfone groups is 1. The summed E-state index contributed by atoms with van der Waals surface area (Å²) < 4.78 is 34.6. The number of nitrogens with zero attached hydrogens (tertiary/aromatic N) is 1. The van der Waals surface area contributed by atoms with Crippen LogP contribution in [0, 0.1) is 5.82 Å². The Labute approximate surface area is 93.8 Å². The lowest BCUT2D eigenvalue weighted by atomic mass is 10.1. The Hall–Kier alpha value is -1.05. The first-order valence-electron chi connectivity index (χ1n) is 4.67. The highest BCUT2D eigenvalue weighted by Crippen LogP contribution is 2.14. The van der Waals surface area contributed by atoms with Crippen LogP contribution in [0.25, 0.3) is 0 Å². The fraction of sp³-hybridized carbons (Fsp3) is 0.444. The summed E-state index contributed by atoms with van der Waals surface area (Å²) in [6.45, 7) is 0. The predicted octanol–water partition coefficient (Wildman–Crippen LogP) is 0.160. The number of nitrogens with two attached hydrogens (primary N) is 1. The molecule has 3 N–H and O–H groups in total. The third kappa shape index (κ3) is 4.21. The van der Waals surface area contributed by atoms with Gasteiger partial charge < -0.3 is 0 Å². The molecule has 5 nitrogen and oxygen atoms in total. The summed E-state index contributed by atoms with van der Waals surface area (Å²) in [6.07, 6.45) is 2.52. The van der Waals surface area contributed by atoms with Gasteiger partial charge in [-0.25, -0.2) is 12.8 Å². The second-order valence-electron chi connectivity index (χ2n) is 3.54. The van der Waals surface area contributed by atoms with Crippen molar-refractivity contribution in [2.24, 2.45) is 5.84 Å². The normalized spacial score (nSPS) is 13.7. The first kappa shape index (κ1) is 13.0. The highest BCUT2D eigenvalue weighted by molar-refractivity contribution is 7.90. The van der Waals surface area contributed by atoms with Crippen molar-refractivity contribution < 1.29 is 12.8 Å². The van der Waals surface area contributed by atoms with Crippen LogP contribution >= 0.6 is 0 Å². The number of rotatable bonds is 5. The average molecular weight is 247 g/mol. The first-order valence-corrected chi connectivity index (χ1v) is 6.74. The Morgan fingerprint density at radius 1 is 1.56 bits per heavy atom. The van der Waals surface area contributed by atoms with E-state index >= 15 is 0 Å². The summed E-state index contributed by atoms with van der Waals surface area (Å²) in [4.78, 5) is 3.84. The molecule has 0 amide bonds. The van der Waals surface area contributed by atoms with Gasteiger partial charge in [0.1, 0.15) is 15.7 Å². The Balaban J connectivity index is 2.71. The molecular weight excluding hydrogens is 233 g/mol. The van der Waals surface area contributed by atoms with Crippen LogP contribution in [0.5, 0.6) is 0 Å². The van der Waals surface area contributed by atoms with Crippen LogP contribution < -0.4 is 11.3 Å². The maximum absolute atomic E-state index is 12.6. The van der Waals surface area contributed by atoms with Crippen LogP contribution in [0.3, 0.4) is 0 Å². The quantitative estimate of drug-likeness (QED) is 0.572. The second kappa shape index (κ2) is 5.33. The molecule has 7 heteroatoms. The summed E-state index contributed by atoms with van der Waals surface area (Å²) in [5.74, 6) is 4.85. The number of nitrogens with one attached hydrogen (secondary N) is 1. The summed E-state index contributed by atoms with van der Waals surface area (Å²) >= 11 is 0. The molecule has 0 saturated heterocycles. The molecule has 1 atom stereocenters. The van der Waals surface area contributed by atoms with E-state index in [1.807, 2.05) is 0 Å². The predicted molar refractivity (Wildman–Crippen MR) is 58.6 cm³/mol. The average Bonchev–Trinajstić information content (AvgIpc) is 2.20. The van der Waals surface area contributed by atoms with Gasteiger partial charge in [-0.05, 0) is 18.6 Å². The van der Waals surface area contributed by atoms with Gasteiger partial charge in [-0.15, -0.1) is 0 Å². The Kier molecular flexibility index (Phi) is 4.34. The highest BCUT2D eigenvalue weighted by Gasteiger charge is 2.14. The number of pyridine rings is 1. The zero-order chi connectivity index (χ0) is 12.2. The number of halogens is 1. The molecule has 0 aliphatic carbocycles. The van der Waals surface area contributed by atoms with Crippen LogP contribution in [0.15, 0.2) is 18.3 Å². The molecule has 16 heavy (non-hydrogen) atoms. The van der Waals surface area contributed by atoms with Gasteiger partial charge in [0.2, 0.25) is 0 Å². The highest BCUT2D eigenvalue weighted by atomic mass is 32.2. The maximum Gasteiger partial charge on any atom is 0.147 e. The fourth-order valence-electron chi connectivity index (χ4n) is 1.24. The largest absolute Gasteiger partial charge is 0.271 e. The number of hydrogen-bond donors (Lipinski definition) is 2. The summed E-state index contributed by atoms with van der Waals surface area (Å²) in [6, 6.07) is 2.34. The summed E-state index contributed by atoms with van der Waals surface area (Å²) in [5, 5.41) is 0. The molecule has 0 aromatic carbocycles. The van der Waals surface area contributed by atoms with Gasteiger partial charge >= 0.3 is 0 Å². The van der Waals surface area contributed by atoms with Crippen molar-refractivity contribution in [3.63, 3.8) is 0 Å². The van der Waals surface area contributed by atoms with Gasteiger partial charge in [0.05, 0.1) is 23.7 Å². The minimum atomic E-state index is -3.04. The monoisotopic (exact) mass is 247 g/mol. The second-order valence-corrected chi connectivity index (χ2v) is 5.80. The van der Waals surface area contributed by atoms with Crippen molar-refractivity contribution in [1.29, 1.82) is 0 Å². The van der Waals surface area contributed by atoms with Crippen molar-refractivity contribution >= 4 is 9.84 Å². The van der Waals surface area contributed by atoms with E-state index in [9.17, 15) is 12.8 Å². The summed E-state index contributed by atoms with van der Waals surface area (Å²) in [7, 11) is -3.04. The van der Waals surface area contributed by atoms with Gasteiger partial charge in [-0.2, -0.15) is 0 Å². The molecule has 1 unspecified atom stereocenters. The molecule has 1 aromatic heterocycles. The lowest BCUT2D eigenvalue weighted by molar-refractivity contribution is 0.516. The molecule has 0 saturated carbocycles. The van der Waals surface area contributed by atoms with Crippen LogP contribution in [0.4, 0.5) is 4.39 Å². The first-order chi connectivity index (χ1) is 7.42. The number of aromatic nitrogens is 1. The molecule has 0 bridgehead atoms. The third-order valence-corrected chi connectivity index (χ3v) is 3.06. The van der Waals surface area contributed by atoms with Crippen LogP contribution in [0.1, 0.15) is 18.2 Å². The smallest absolute Gasteiger partial charge is 0.147 e. The minimum absolute atomic E-state index is 0.000916. The van der Waals surface area contributed by atoms with Gasteiger partial charge in [-0.3, -0.25) is 16.3 Å². The van der Waals surface area contributed by atoms with Gasteiger partial charge in [0.25, 0.3) is 0 Å². The lowest BCUT2D eigenvalue weighted by Crippen LogP contribution is -2.30. The SMILES string of the molecule is CS(=O)(=O)CCC(NN)c1ccc(F)cn1. The van der Waals surface area contributed by atoms with E-state index in [1.54, 1.807) is 0 Å². The van der Waals surface area contributed by atoms with Crippen molar-refractivity contribution in [1.82, 2.24) is 10.4 Å². The number of hydrazine groups is 1. The topological polar surface area (TPSA) is 85.1 Å². The van der Waals surface area contributed by atoms with Crippen molar-refractivity contribution in [2.75, 3.05) is 12.0 Å².